The zero-order valence-electron chi connectivity index (χ0n) is 16.0. The van der Waals surface area contributed by atoms with Gasteiger partial charge in [0.2, 0.25) is 11.8 Å². The normalized spacial score (nSPS) is 18.5. The van der Waals surface area contributed by atoms with Crippen molar-refractivity contribution in [2.24, 2.45) is 5.92 Å². The second kappa shape index (κ2) is 9.02. The molecule has 1 aliphatic carbocycles. The number of hydrogen-bond acceptors (Lipinski definition) is 4. The van der Waals surface area contributed by atoms with Gasteiger partial charge in [-0.3, -0.25) is 9.59 Å². The first-order valence-corrected chi connectivity index (χ1v) is 9.79. The van der Waals surface area contributed by atoms with E-state index < -0.39 is 0 Å². The topological polar surface area (TPSA) is 66.9 Å². The highest BCUT2D eigenvalue weighted by Gasteiger charge is 2.26. The number of carbonyl (C=O) groups excluding carboxylic acids is 3. The summed E-state index contributed by atoms with van der Waals surface area (Å²) in [6.45, 7) is 2.15. The third kappa shape index (κ3) is 5.08. The number of methoxy groups -OCH3 is 1. The molecule has 2 amide bonds. The fourth-order valence-corrected chi connectivity index (χ4v) is 3.96. The van der Waals surface area contributed by atoms with E-state index >= 15 is 0 Å². The molecular weight excluding hydrogens is 344 g/mol. The summed E-state index contributed by atoms with van der Waals surface area (Å²) in [5.41, 5.74) is 1.45. The maximum Gasteiger partial charge on any atom is 0.337 e. The Labute approximate surface area is 160 Å². The van der Waals surface area contributed by atoms with Crippen LogP contribution in [0.5, 0.6) is 0 Å². The summed E-state index contributed by atoms with van der Waals surface area (Å²) in [7, 11) is 1.35. The number of carbonyl (C=O) groups is 3. The fraction of sp³-hybridized carbons (Fsp3) is 0.571. The van der Waals surface area contributed by atoms with Gasteiger partial charge in [-0.1, -0.05) is 25.0 Å². The third-order valence-electron chi connectivity index (χ3n) is 5.63. The molecule has 1 heterocycles. The number of esters is 1. The van der Waals surface area contributed by atoms with E-state index in [0.29, 0.717) is 50.5 Å². The minimum Gasteiger partial charge on any atom is -0.465 e. The molecule has 0 radical (unpaired) electrons. The standard InChI is InChI=1S/C21H28N2O4/c1-27-21(26)18-8-6-17(7-9-18)15-23-13-12-22(11-10-19(23)24)20(25)14-16-4-2-3-5-16/h6-9,16H,2-5,10-15H2,1H3. The molecule has 3 rings (SSSR count). The number of benzene rings is 1. The predicted molar refractivity (Wildman–Crippen MR) is 101 cm³/mol. The Morgan fingerprint density at radius 2 is 1.78 bits per heavy atom. The van der Waals surface area contributed by atoms with Gasteiger partial charge in [0.05, 0.1) is 12.7 Å². The molecule has 1 aromatic rings. The van der Waals surface area contributed by atoms with E-state index in [4.69, 9.17) is 4.74 Å². The van der Waals surface area contributed by atoms with Crippen LogP contribution in [0.25, 0.3) is 0 Å². The molecule has 146 valence electrons. The molecule has 6 heteroatoms. The Morgan fingerprint density at radius 1 is 1.07 bits per heavy atom. The minimum absolute atomic E-state index is 0.0724. The van der Waals surface area contributed by atoms with Crippen LogP contribution in [0.3, 0.4) is 0 Å². The first kappa shape index (κ1) is 19.4. The molecule has 0 spiro atoms. The van der Waals surface area contributed by atoms with E-state index in [0.717, 1.165) is 18.4 Å². The lowest BCUT2D eigenvalue weighted by molar-refractivity contribution is -0.132. The molecular formula is C21H28N2O4. The first-order chi connectivity index (χ1) is 13.1. The smallest absolute Gasteiger partial charge is 0.337 e. The van der Waals surface area contributed by atoms with E-state index in [9.17, 15) is 14.4 Å². The molecule has 6 nitrogen and oxygen atoms in total. The van der Waals surface area contributed by atoms with Crippen LogP contribution in [-0.4, -0.2) is 54.3 Å². The van der Waals surface area contributed by atoms with Crippen LogP contribution in [0, 0.1) is 5.92 Å². The quantitative estimate of drug-likeness (QED) is 0.745. The van der Waals surface area contributed by atoms with E-state index in [2.05, 4.69) is 0 Å². The molecule has 0 atom stereocenters. The average Bonchev–Trinajstić information content (AvgIpc) is 3.12. The number of amides is 2. The van der Waals surface area contributed by atoms with E-state index in [1.807, 2.05) is 17.0 Å². The molecule has 2 aliphatic rings. The number of nitrogens with zero attached hydrogens (tertiary/aromatic N) is 2. The number of hydrogen-bond donors (Lipinski definition) is 0. The van der Waals surface area contributed by atoms with Gasteiger partial charge in [0.15, 0.2) is 0 Å². The Hall–Kier alpha value is -2.37. The Morgan fingerprint density at radius 3 is 2.44 bits per heavy atom. The summed E-state index contributed by atoms with van der Waals surface area (Å²) in [6.07, 6.45) is 5.79. The van der Waals surface area contributed by atoms with Crippen molar-refractivity contribution in [2.45, 2.75) is 45.1 Å². The van der Waals surface area contributed by atoms with Gasteiger partial charge < -0.3 is 14.5 Å². The van der Waals surface area contributed by atoms with Crippen molar-refractivity contribution in [1.29, 1.82) is 0 Å². The number of ether oxygens (including phenoxy) is 1. The van der Waals surface area contributed by atoms with Crippen molar-refractivity contribution in [1.82, 2.24) is 9.80 Å². The van der Waals surface area contributed by atoms with Gasteiger partial charge in [0, 0.05) is 39.0 Å². The van der Waals surface area contributed by atoms with E-state index in [1.165, 1.54) is 20.0 Å². The van der Waals surface area contributed by atoms with Crippen LogP contribution in [0.4, 0.5) is 0 Å². The van der Waals surface area contributed by atoms with Crippen molar-refractivity contribution in [2.75, 3.05) is 26.7 Å². The van der Waals surface area contributed by atoms with Crippen LogP contribution < -0.4 is 0 Å². The predicted octanol–water partition coefficient (Wildman–Crippen LogP) is 2.61. The molecule has 0 unspecified atom stereocenters. The third-order valence-corrected chi connectivity index (χ3v) is 5.63. The highest BCUT2D eigenvalue weighted by Crippen LogP contribution is 2.28. The molecule has 27 heavy (non-hydrogen) atoms. The van der Waals surface area contributed by atoms with Crippen LogP contribution >= 0.6 is 0 Å². The van der Waals surface area contributed by atoms with Crippen molar-refractivity contribution >= 4 is 17.8 Å². The van der Waals surface area contributed by atoms with Gasteiger partial charge in [-0.05, 0) is 36.5 Å². The van der Waals surface area contributed by atoms with Gasteiger partial charge in [-0.25, -0.2) is 4.79 Å². The van der Waals surface area contributed by atoms with E-state index in [-0.39, 0.29) is 17.8 Å². The van der Waals surface area contributed by atoms with Crippen molar-refractivity contribution < 1.29 is 19.1 Å². The Kier molecular flexibility index (Phi) is 6.48. The molecule has 1 saturated carbocycles. The highest BCUT2D eigenvalue weighted by atomic mass is 16.5. The van der Waals surface area contributed by atoms with E-state index in [1.54, 1.807) is 17.0 Å². The maximum atomic E-state index is 12.6. The second-order valence-electron chi connectivity index (χ2n) is 7.49. The first-order valence-electron chi connectivity index (χ1n) is 9.79. The fourth-order valence-electron chi connectivity index (χ4n) is 3.96. The Bertz CT molecular complexity index is 680. The number of rotatable bonds is 5. The van der Waals surface area contributed by atoms with Gasteiger partial charge >= 0.3 is 5.97 Å². The Balaban J connectivity index is 1.55. The lowest BCUT2D eigenvalue weighted by Gasteiger charge is -2.23. The molecule has 0 aromatic heterocycles. The summed E-state index contributed by atoms with van der Waals surface area (Å²) in [6, 6.07) is 7.10. The van der Waals surface area contributed by atoms with Crippen LogP contribution in [-0.2, 0) is 20.9 Å². The van der Waals surface area contributed by atoms with Crippen LogP contribution in [0.1, 0.15) is 54.4 Å². The monoisotopic (exact) mass is 372 g/mol. The molecule has 1 saturated heterocycles. The van der Waals surface area contributed by atoms with Gasteiger partial charge in [0.25, 0.3) is 0 Å². The van der Waals surface area contributed by atoms with Gasteiger partial charge in [0.1, 0.15) is 0 Å². The average molecular weight is 372 g/mol. The summed E-state index contributed by atoms with van der Waals surface area (Å²) in [5.74, 6) is 0.423. The van der Waals surface area contributed by atoms with Crippen LogP contribution in [0.2, 0.25) is 0 Å². The lowest BCUT2D eigenvalue weighted by atomic mass is 10.0. The maximum absolute atomic E-state index is 12.6. The van der Waals surface area contributed by atoms with Crippen molar-refractivity contribution in [3.8, 4) is 0 Å². The van der Waals surface area contributed by atoms with Crippen molar-refractivity contribution in [3.63, 3.8) is 0 Å². The molecule has 0 N–H and O–H groups in total. The molecule has 2 fully saturated rings. The lowest BCUT2D eigenvalue weighted by Crippen LogP contribution is -2.36. The van der Waals surface area contributed by atoms with Gasteiger partial charge in [-0.15, -0.1) is 0 Å². The largest absolute Gasteiger partial charge is 0.465 e. The SMILES string of the molecule is COC(=O)c1ccc(CN2CCN(C(=O)CC3CCCC3)CCC2=O)cc1. The zero-order chi connectivity index (χ0) is 19.2. The van der Waals surface area contributed by atoms with Crippen molar-refractivity contribution in [3.05, 3.63) is 35.4 Å². The summed E-state index contributed by atoms with van der Waals surface area (Å²) in [4.78, 5) is 40.2. The second-order valence-corrected chi connectivity index (χ2v) is 7.49. The zero-order valence-corrected chi connectivity index (χ0v) is 16.0. The minimum atomic E-state index is -0.371. The molecule has 0 bridgehead atoms. The molecule has 1 aromatic carbocycles. The van der Waals surface area contributed by atoms with Crippen LogP contribution in [0.15, 0.2) is 24.3 Å². The van der Waals surface area contributed by atoms with Gasteiger partial charge in [-0.2, -0.15) is 0 Å². The highest BCUT2D eigenvalue weighted by molar-refractivity contribution is 5.89. The summed E-state index contributed by atoms with van der Waals surface area (Å²) in [5, 5.41) is 0. The summed E-state index contributed by atoms with van der Waals surface area (Å²) < 4.78 is 4.70. The molecule has 1 aliphatic heterocycles. The summed E-state index contributed by atoms with van der Waals surface area (Å²) >= 11 is 0.